The van der Waals surface area contributed by atoms with Crippen molar-refractivity contribution in [3.63, 3.8) is 0 Å². The van der Waals surface area contributed by atoms with Gasteiger partial charge >= 0.3 is 0 Å². The number of halogens is 1. The highest BCUT2D eigenvalue weighted by Crippen LogP contribution is 2.38. The average molecular weight is 447 g/mol. The van der Waals surface area contributed by atoms with Crippen LogP contribution in [0.25, 0.3) is 22.3 Å². The molecular weight excluding hydrogens is 432 g/mol. The van der Waals surface area contributed by atoms with E-state index in [0.29, 0.717) is 27.9 Å². The lowest BCUT2D eigenvalue weighted by molar-refractivity contribution is -0.384. The molecule has 0 bridgehead atoms. The lowest BCUT2D eigenvalue weighted by Gasteiger charge is -2.45. The van der Waals surface area contributed by atoms with Crippen molar-refractivity contribution in [1.82, 2.24) is 9.66 Å². The van der Waals surface area contributed by atoms with Gasteiger partial charge in [-0.05, 0) is 29.8 Å². The molecule has 1 aromatic heterocycles. The molecule has 1 saturated heterocycles. The predicted molar refractivity (Wildman–Crippen MR) is 120 cm³/mol. The van der Waals surface area contributed by atoms with Crippen LogP contribution in [0.5, 0.6) is 0 Å². The molecular formula is C23H15ClN4O4. The van der Waals surface area contributed by atoms with Gasteiger partial charge in [-0.25, -0.2) is 9.99 Å². The van der Waals surface area contributed by atoms with Crippen LogP contribution >= 0.6 is 11.6 Å². The summed E-state index contributed by atoms with van der Waals surface area (Å²) < 4.78 is 1.25. The molecule has 2 heterocycles. The van der Waals surface area contributed by atoms with Crippen molar-refractivity contribution < 1.29 is 9.72 Å². The summed E-state index contributed by atoms with van der Waals surface area (Å²) in [5.74, 6) is -0.149. The van der Waals surface area contributed by atoms with E-state index < -0.39 is 27.8 Å². The first-order chi connectivity index (χ1) is 15.5. The summed E-state index contributed by atoms with van der Waals surface area (Å²) in [6.07, 6.45) is 0. The van der Waals surface area contributed by atoms with Gasteiger partial charge in [-0.2, -0.15) is 4.68 Å². The zero-order chi connectivity index (χ0) is 22.4. The monoisotopic (exact) mass is 446 g/mol. The molecule has 3 aromatic carbocycles. The molecule has 1 fully saturated rings. The van der Waals surface area contributed by atoms with Gasteiger partial charge in [-0.3, -0.25) is 19.7 Å². The molecule has 1 amide bonds. The third kappa shape index (κ3) is 3.04. The number of carbonyl (C=O) groups excluding carboxylic acids is 1. The van der Waals surface area contributed by atoms with Gasteiger partial charge < -0.3 is 0 Å². The number of para-hydroxylation sites is 1. The number of benzene rings is 3. The molecule has 1 aliphatic heterocycles. The van der Waals surface area contributed by atoms with Crippen LogP contribution in [-0.2, 0) is 4.79 Å². The standard InChI is InChI=1S/C23H15ClN4O4/c24-19-20(14-10-12-16(13-11-14)28(31)32)26(23(19)30)27-21(15-6-2-1-3-7-15)25-18-9-5-4-8-17(18)22(27)29/h1-13,19-20H. The Kier molecular flexibility index (Phi) is 4.71. The number of aromatic nitrogens is 2. The highest BCUT2D eigenvalue weighted by Gasteiger charge is 2.50. The minimum absolute atomic E-state index is 0.0772. The lowest BCUT2D eigenvalue weighted by Crippen LogP contribution is -2.64. The Morgan fingerprint density at radius 1 is 0.906 bits per heavy atom. The molecule has 0 N–H and O–H groups in total. The average Bonchev–Trinajstić information content (AvgIpc) is 2.83. The highest BCUT2D eigenvalue weighted by atomic mass is 35.5. The second-order valence-electron chi connectivity index (χ2n) is 7.31. The maximum atomic E-state index is 13.5. The number of nitro groups is 1. The number of rotatable bonds is 4. The van der Waals surface area contributed by atoms with Gasteiger partial charge in [0.15, 0.2) is 5.82 Å². The molecule has 2 unspecified atom stereocenters. The van der Waals surface area contributed by atoms with Gasteiger partial charge in [0.25, 0.3) is 17.2 Å². The summed E-state index contributed by atoms with van der Waals surface area (Å²) >= 11 is 6.36. The summed E-state index contributed by atoms with van der Waals surface area (Å²) in [6, 6.07) is 21.1. The molecule has 32 heavy (non-hydrogen) atoms. The highest BCUT2D eigenvalue weighted by molar-refractivity contribution is 6.36. The van der Waals surface area contributed by atoms with Crippen LogP contribution in [-0.4, -0.2) is 25.9 Å². The number of β-lactam (4-membered cyclic amide) rings is 1. The Bertz CT molecular complexity index is 1420. The van der Waals surface area contributed by atoms with Gasteiger partial charge in [-0.1, -0.05) is 42.5 Å². The van der Waals surface area contributed by atoms with Crippen LogP contribution in [0.3, 0.4) is 0 Å². The Morgan fingerprint density at radius 2 is 1.56 bits per heavy atom. The van der Waals surface area contributed by atoms with Gasteiger partial charge in [0, 0.05) is 17.7 Å². The number of alkyl halides is 1. The molecule has 2 atom stereocenters. The third-order valence-corrected chi connectivity index (χ3v) is 5.87. The third-order valence-electron chi connectivity index (χ3n) is 5.45. The van der Waals surface area contributed by atoms with E-state index in [0.717, 1.165) is 0 Å². The molecule has 4 aromatic rings. The van der Waals surface area contributed by atoms with Crippen LogP contribution in [0.4, 0.5) is 5.69 Å². The van der Waals surface area contributed by atoms with Crippen LogP contribution in [0.2, 0.25) is 0 Å². The molecule has 9 heteroatoms. The summed E-state index contributed by atoms with van der Waals surface area (Å²) in [5.41, 5.74) is 1.26. The molecule has 1 aliphatic rings. The molecule has 0 saturated carbocycles. The number of hydrogen-bond donors (Lipinski definition) is 0. The molecule has 158 valence electrons. The second kappa shape index (κ2) is 7.58. The number of hydrogen-bond acceptors (Lipinski definition) is 5. The Morgan fingerprint density at radius 3 is 2.25 bits per heavy atom. The van der Waals surface area contributed by atoms with Crippen LogP contribution in [0.15, 0.2) is 83.7 Å². The van der Waals surface area contributed by atoms with Gasteiger partial charge in [0.1, 0.15) is 11.4 Å². The molecule has 8 nitrogen and oxygen atoms in total. The minimum atomic E-state index is -0.918. The quantitative estimate of drug-likeness (QED) is 0.205. The normalized spacial score (nSPS) is 17.9. The number of amides is 1. The number of non-ortho nitro benzene ring substituents is 1. The van der Waals surface area contributed by atoms with Gasteiger partial charge in [0.2, 0.25) is 0 Å². The van der Waals surface area contributed by atoms with Crippen molar-refractivity contribution >= 4 is 34.1 Å². The van der Waals surface area contributed by atoms with Crippen LogP contribution in [0, 0.1) is 10.1 Å². The van der Waals surface area contributed by atoms with Crippen molar-refractivity contribution in [2.75, 3.05) is 5.01 Å². The number of nitro benzene ring substituents is 1. The molecule has 0 spiro atoms. The topological polar surface area (TPSA) is 98.3 Å². The fourth-order valence-electron chi connectivity index (χ4n) is 3.86. The van der Waals surface area contributed by atoms with Gasteiger partial charge in [0.05, 0.1) is 15.8 Å². The summed E-state index contributed by atoms with van der Waals surface area (Å²) in [4.78, 5) is 41.6. The van der Waals surface area contributed by atoms with Crippen molar-refractivity contribution in [3.05, 3.63) is 105 Å². The Balaban J connectivity index is 1.72. The first-order valence-electron chi connectivity index (χ1n) is 9.76. The lowest BCUT2D eigenvalue weighted by atomic mass is 9.95. The number of nitrogens with zero attached hydrogens (tertiary/aromatic N) is 4. The first-order valence-corrected chi connectivity index (χ1v) is 10.2. The second-order valence-corrected chi connectivity index (χ2v) is 7.78. The van der Waals surface area contributed by atoms with Crippen molar-refractivity contribution in [2.24, 2.45) is 0 Å². The first kappa shape index (κ1) is 19.9. The molecule has 0 aliphatic carbocycles. The number of carbonyl (C=O) groups is 1. The van der Waals surface area contributed by atoms with Crippen LogP contribution < -0.4 is 10.6 Å². The maximum Gasteiger partial charge on any atom is 0.280 e. The Hall–Kier alpha value is -4.04. The van der Waals surface area contributed by atoms with E-state index in [1.54, 1.807) is 48.5 Å². The Labute approximate surface area is 186 Å². The molecule has 5 rings (SSSR count). The van der Waals surface area contributed by atoms with Crippen LogP contribution in [0.1, 0.15) is 11.6 Å². The van der Waals surface area contributed by atoms with E-state index in [4.69, 9.17) is 11.6 Å². The number of fused-ring (bicyclic) bond motifs is 1. The predicted octanol–water partition coefficient (Wildman–Crippen LogP) is 3.80. The van der Waals surface area contributed by atoms with Crippen molar-refractivity contribution in [3.8, 4) is 11.4 Å². The van der Waals surface area contributed by atoms with E-state index in [1.807, 2.05) is 18.2 Å². The zero-order valence-corrected chi connectivity index (χ0v) is 17.2. The van der Waals surface area contributed by atoms with E-state index in [1.165, 1.54) is 21.8 Å². The SMILES string of the molecule is O=C1C(Cl)C(c2ccc([N+](=O)[O-])cc2)N1n1c(-c2ccccc2)nc2ccccc2c1=O. The fourth-order valence-corrected chi connectivity index (χ4v) is 4.22. The molecule has 0 radical (unpaired) electrons. The van der Waals surface area contributed by atoms with Crippen molar-refractivity contribution in [2.45, 2.75) is 11.4 Å². The maximum absolute atomic E-state index is 13.5. The largest absolute Gasteiger partial charge is 0.280 e. The van der Waals surface area contributed by atoms with E-state index in [9.17, 15) is 19.7 Å². The smallest absolute Gasteiger partial charge is 0.271 e. The van der Waals surface area contributed by atoms with E-state index in [2.05, 4.69) is 4.98 Å². The van der Waals surface area contributed by atoms with E-state index in [-0.39, 0.29) is 5.69 Å². The summed E-state index contributed by atoms with van der Waals surface area (Å²) in [5, 5.41) is 11.7. The van der Waals surface area contributed by atoms with Gasteiger partial charge in [-0.15, -0.1) is 11.6 Å². The minimum Gasteiger partial charge on any atom is -0.271 e. The summed E-state index contributed by atoms with van der Waals surface area (Å²) in [6.45, 7) is 0. The zero-order valence-electron chi connectivity index (χ0n) is 16.5. The van der Waals surface area contributed by atoms with E-state index >= 15 is 0 Å². The fraction of sp³-hybridized carbons (Fsp3) is 0.0870. The summed E-state index contributed by atoms with van der Waals surface area (Å²) in [7, 11) is 0. The van der Waals surface area contributed by atoms with Crippen molar-refractivity contribution in [1.29, 1.82) is 0 Å².